The van der Waals surface area contributed by atoms with Crippen molar-refractivity contribution in [1.82, 2.24) is 14.9 Å². The molecule has 0 N–H and O–H groups in total. The summed E-state index contributed by atoms with van der Waals surface area (Å²) in [5.74, 6) is 2.99. The molecule has 0 spiro atoms. The number of hydrogen-bond donors (Lipinski definition) is 0. The number of aromatic nitrogens is 2. The molecule has 1 aromatic rings. The number of carbonyl (C=O) groups is 1. The quantitative estimate of drug-likeness (QED) is 0.598. The van der Waals surface area contributed by atoms with Crippen molar-refractivity contribution < 1.29 is 9.53 Å². The maximum absolute atomic E-state index is 11.5. The van der Waals surface area contributed by atoms with Crippen molar-refractivity contribution in [3.8, 4) is 0 Å². The molecule has 30 heavy (non-hydrogen) atoms. The molecule has 4 rings (SSSR count). The van der Waals surface area contributed by atoms with Crippen LogP contribution in [0.1, 0.15) is 45.4 Å². The molecule has 0 aromatic carbocycles. The summed E-state index contributed by atoms with van der Waals surface area (Å²) in [6.45, 7) is 11.6. The molecule has 1 aromatic heterocycles. The average molecular weight is 417 g/mol. The van der Waals surface area contributed by atoms with Crippen LogP contribution in [0, 0.1) is 0 Å². The summed E-state index contributed by atoms with van der Waals surface area (Å²) in [5.41, 5.74) is 0. The fourth-order valence-corrected chi connectivity index (χ4v) is 4.62. The number of anilines is 3. The van der Waals surface area contributed by atoms with E-state index >= 15 is 0 Å². The zero-order valence-corrected chi connectivity index (χ0v) is 18.4. The van der Waals surface area contributed by atoms with Crippen molar-refractivity contribution in [3.05, 3.63) is 6.07 Å². The van der Waals surface area contributed by atoms with Gasteiger partial charge in [0.1, 0.15) is 11.6 Å². The Kier molecular flexibility index (Phi) is 7.25. The summed E-state index contributed by atoms with van der Waals surface area (Å²) in [6, 6.07) is 2.20. The third kappa shape index (κ3) is 5.33. The molecule has 8 nitrogen and oxygen atoms in total. The highest BCUT2D eigenvalue weighted by atomic mass is 16.5. The lowest BCUT2D eigenvalue weighted by molar-refractivity contribution is -0.143. The van der Waals surface area contributed by atoms with Crippen LogP contribution in [0.15, 0.2) is 6.07 Å². The molecule has 4 heterocycles. The molecule has 0 amide bonds. The number of ether oxygens (including phenoxy) is 1. The highest BCUT2D eigenvalue weighted by Crippen LogP contribution is 2.27. The summed E-state index contributed by atoms with van der Waals surface area (Å²) < 4.78 is 5.03. The lowest BCUT2D eigenvalue weighted by atomic mass is 10.2. The highest BCUT2D eigenvalue weighted by molar-refractivity contribution is 5.69. The number of piperazine rings is 1. The normalized spacial score (nSPS) is 20.2. The van der Waals surface area contributed by atoms with Gasteiger partial charge >= 0.3 is 5.97 Å². The van der Waals surface area contributed by atoms with E-state index in [0.717, 1.165) is 82.9 Å². The second-order valence-corrected chi connectivity index (χ2v) is 8.51. The van der Waals surface area contributed by atoms with Gasteiger partial charge in [-0.3, -0.25) is 9.69 Å². The number of nitrogens with zero attached hydrogens (tertiary/aromatic N) is 6. The Hall–Kier alpha value is -2.09. The maximum Gasteiger partial charge on any atom is 0.305 e. The van der Waals surface area contributed by atoms with Crippen molar-refractivity contribution in [2.45, 2.75) is 45.4 Å². The van der Waals surface area contributed by atoms with E-state index in [2.05, 4.69) is 25.7 Å². The second kappa shape index (κ2) is 10.3. The fraction of sp³-hybridized carbons (Fsp3) is 0.773. The van der Waals surface area contributed by atoms with Gasteiger partial charge in [0.25, 0.3) is 0 Å². The molecular formula is C22H36N6O2. The Morgan fingerprint density at radius 1 is 0.867 bits per heavy atom. The highest BCUT2D eigenvalue weighted by Gasteiger charge is 2.24. The van der Waals surface area contributed by atoms with Crippen LogP contribution in [0.4, 0.5) is 17.6 Å². The van der Waals surface area contributed by atoms with Gasteiger partial charge < -0.3 is 19.4 Å². The number of esters is 1. The first-order valence-electron chi connectivity index (χ1n) is 11.7. The van der Waals surface area contributed by atoms with Gasteiger partial charge in [0.05, 0.1) is 6.61 Å². The predicted molar refractivity (Wildman–Crippen MR) is 119 cm³/mol. The van der Waals surface area contributed by atoms with E-state index in [1.165, 1.54) is 25.7 Å². The Morgan fingerprint density at radius 3 is 2.03 bits per heavy atom. The standard InChI is InChI=1S/C22H36N6O2/c1-2-30-21(29)8-7-9-25-14-16-27(17-15-25)20-18-19(26-10-3-4-11-26)23-22(24-20)28-12-5-6-13-28/h18H,2-17H2,1H3. The van der Waals surface area contributed by atoms with E-state index in [-0.39, 0.29) is 5.97 Å². The van der Waals surface area contributed by atoms with Crippen molar-refractivity contribution in [1.29, 1.82) is 0 Å². The topological polar surface area (TPSA) is 65.0 Å². The van der Waals surface area contributed by atoms with E-state index < -0.39 is 0 Å². The minimum absolute atomic E-state index is 0.0824. The van der Waals surface area contributed by atoms with Crippen LogP contribution in [0.2, 0.25) is 0 Å². The maximum atomic E-state index is 11.5. The fourth-order valence-electron chi connectivity index (χ4n) is 4.62. The minimum atomic E-state index is -0.0824. The van der Waals surface area contributed by atoms with Gasteiger partial charge in [0, 0.05) is 64.8 Å². The van der Waals surface area contributed by atoms with Crippen molar-refractivity contribution in [2.24, 2.45) is 0 Å². The number of carbonyl (C=O) groups excluding carboxylic acids is 1. The SMILES string of the molecule is CCOC(=O)CCCN1CCN(c2cc(N3CCCC3)nc(N3CCCC3)n2)CC1. The molecule has 0 bridgehead atoms. The van der Waals surface area contributed by atoms with Crippen molar-refractivity contribution >= 4 is 23.6 Å². The van der Waals surface area contributed by atoms with E-state index in [0.29, 0.717) is 13.0 Å². The van der Waals surface area contributed by atoms with Crippen LogP contribution in [0.25, 0.3) is 0 Å². The molecule has 166 valence electrons. The monoisotopic (exact) mass is 416 g/mol. The summed E-state index contributed by atoms with van der Waals surface area (Å²) in [6.07, 6.45) is 6.35. The van der Waals surface area contributed by atoms with Gasteiger partial charge in [-0.15, -0.1) is 0 Å². The molecule has 0 saturated carbocycles. The Bertz CT molecular complexity index is 661. The van der Waals surface area contributed by atoms with E-state index in [4.69, 9.17) is 14.7 Å². The lowest BCUT2D eigenvalue weighted by Crippen LogP contribution is -2.47. The first kappa shape index (κ1) is 21.2. The van der Waals surface area contributed by atoms with E-state index in [1.807, 2.05) is 6.92 Å². The zero-order valence-electron chi connectivity index (χ0n) is 18.4. The Morgan fingerprint density at radius 2 is 1.43 bits per heavy atom. The van der Waals surface area contributed by atoms with Gasteiger partial charge in [0.2, 0.25) is 5.95 Å². The first-order chi connectivity index (χ1) is 14.7. The van der Waals surface area contributed by atoms with Crippen molar-refractivity contribution in [2.75, 3.05) is 80.2 Å². The predicted octanol–water partition coefficient (Wildman–Crippen LogP) is 2.14. The van der Waals surface area contributed by atoms with Crippen LogP contribution < -0.4 is 14.7 Å². The zero-order chi connectivity index (χ0) is 20.8. The van der Waals surface area contributed by atoms with Crippen LogP contribution in [-0.2, 0) is 9.53 Å². The molecule has 3 fully saturated rings. The van der Waals surface area contributed by atoms with E-state index in [9.17, 15) is 4.79 Å². The average Bonchev–Trinajstić information content (AvgIpc) is 3.48. The summed E-state index contributed by atoms with van der Waals surface area (Å²) in [7, 11) is 0. The molecule has 3 aliphatic rings. The smallest absolute Gasteiger partial charge is 0.305 e. The number of hydrogen-bond acceptors (Lipinski definition) is 8. The molecule has 0 radical (unpaired) electrons. The molecule has 3 aliphatic heterocycles. The van der Waals surface area contributed by atoms with E-state index in [1.54, 1.807) is 0 Å². The molecule has 3 saturated heterocycles. The van der Waals surface area contributed by atoms with Gasteiger partial charge in [-0.2, -0.15) is 9.97 Å². The minimum Gasteiger partial charge on any atom is -0.466 e. The first-order valence-corrected chi connectivity index (χ1v) is 11.7. The third-order valence-corrected chi connectivity index (χ3v) is 6.36. The van der Waals surface area contributed by atoms with Gasteiger partial charge in [0.15, 0.2) is 0 Å². The lowest BCUT2D eigenvalue weighted by Gasteiger charge is -2.36. The van der Waals surface area contributed by atoms with Crippen molar-refractivity contribution in [3.63, 3.8) is 0 Å². The molecule has 8 heteroatoms. The summed E-state index contributed by atoms with van der Waals surface area (Å²) in [4.78, 5) is 31.1. The summed E-state index contributed by atoms with van der Waals surface area (Å²) >= 11 is 0. The van der Waals surface area contributed by atoms with Crippen LogP contribution in [-0.4, -0.2) is 86.3 Å². The number of rotatable bonds is 8. The van der Waals surface area contributed by atoms with Gasteiger partial charge in [-0.05, 0) is 45.6 Å². The van der Waals surface area contributed by atoms with Crippen LogP contribution in [0.3, 0.4) is 0 Å². The molecular weight excluding hydrogens is 380 g/mol. The molecule has 0 atom stereocenters. The van der Waals surface area contributed by atoms with Crippen LogP contribution in [0.5, 0.6) is 0 Å². The van der Waals surface area contributed by atoms with Crippen LogP contribution >= 0.6 is 0 Å². The molecule has 0 unspecified atom stereocenters. The largest absolute Gasteiger partial charge is 0.466 e. The third-order valence-electron chi connectivity index (χ3n) is 6.36. The Labute approximate surface area is 180 Å². The Balaban J connectivity index is 1.37. The molecule has 0 aliphatic carbocycles. The summed E-state index contributed by atoms with van der Waals surface area (Å²) in [5, 5.41) is 0. The second-order valence-electron chi connectivity index (χ2n) is 8.51. The van der Waals surface area contributed by atoms with Gasteiger partial charge in [-0.1, -0.05) is 0 Å². The van der Waals surface area contributed by atoms with Gasteiger partial charge in [-0.25, -0.2) is 0 Å².